The van der Waals surface area contributed by atoms with Gasteiger partial charge in [-0.3, -0.25) is 9.69 Å². The van der Waals surface area contributed by atoms with Gasteiger partial charge in [0.05, 0.1) is 6.54 Å². The maximum absolute atomic E-state index is 11.0. The smallest absolute Gasteiger partial charge is 0.317 e. The fourth-order valence-corrected chi connectivity index (χ4v) is 3.60. The Morgan fingerprint density at radius 2 is 1.58 bits per heavy atom. The highest BCUT2D eigenvalue weighted by Crippen LogP contribution is 2.42. The van der Waals surface area contributed by atoms with Gasteiger partial charge in [-0.2, -0.15) is 0 Å². The molecule has 0 aromatic heterocycles. The first-order chi connectivity index (χ1) is 8.94. The zero-order valence-electron chi connectivity index (χ0n) is 12.7. The van der Waals surface area contributed by atoms with E-state index < -0.39 is 5.97 Å². The monoisotopic (exact) mass is 267 g/mol. The molecule has 0 bridgehead atoms. The van der Waals surface area contributed by atoms with E-state index in [0.29, 0.717) is 17.5 Å². The van der Waals surface area contributed by atoms with Crippen LogP contribution in [0.1, 0.15) is 65.7 Å². The third kappa shape index (κ3) is 3.71. The average Bonchev–Trinajstić information content (AvgIpc) is 3.20. The molecule has 2 fully saturated rings. The van der Waals surface area contributed by atoms with E-state index in [9.17, 15) is 4.79 Å². The van der Waals surface area contributed by atoms with Gasteiger partial charge in [0.25, 0.3) is 0 Å². The minimum atomic E-state index is -0.664. The second-order valence-electron chi connectivity index (χ2n) is 7.14. The van der Waals surface area contributed by atoms with Crippen LogP contribution in [0.25, 0.3) is 0 Å². The summed E-state index contributed by atoms with van der Waals surface area (Å²) in [7, 11) is 0. The maximum Gasteiger partial charge on any atom is 0.317 e. The zero-order chi connectivity index (χ0) is 14.0. The molecule has 0 aliphatic heterocycles. The molecule has 2 aliphatic rings. The van der Waals surface area contributed by atoms with Crippen molar-refractivity contribution in [3.8, 4) is 0 Å². The van der Waals surface area contributed by atoms with E-state index in [0.717, 1.165) is 5.92 Å². The molecule has 0 amide bonds. The lowest BCUT2D eigenvalue weighted by atomic mass is 9.68. The Morgan fingerprint density at radius 1 is 1.11 bits per heavy atom. The third-order valence-electron chi connectivity index (χ3n) is 5.52. The van der Waals surface area contributed by atoms with Crippen molar-refractivity contribution in [3.63, 3.8) is 0 Å². The number of aliphatic carboxylic acids is 1. The van der Waals surface area contributed by atoms with Crippen LogP contribution in [-0.2, 0) is 4.79 Å². The quantitative estimate of drug-likeness (QED) is 0.800. The minimum Gasteiger partial charge on any atom is -0.480 e. The number of nitrogens with zero attached hydrogens (tertiary/aromatic N) is 1. The molecule has 19 heavy (non-hydrogen) atoms. The molecule has 110 valence electrons. The fourth-order valence-electron chi connectivity index (χ4n) is 3.60. The zero-order valence-corrected chi connectivity index (χ0v) is 12.7. The van der Waals surface area contributed by atoms with Crippen molar-refractivity contribution in [1.29, 1.82) is 0 Å². The van der Waals surface area contributed by atoms with Crippen molar-refractivity contribution >= 4 is 5.97 Å². The summed E-state index contributed by atoms with van der Waals surface area (Å²) in [5.41, 5.74) is 0.447. The van der Waals surface area contributed by atoms with Crippen molar-refractivity contribution in [2.75, 3.05) is 6.54 Å². The van der Waals surface area contributed by atoms with Gasteiger partial charge in [0.2, 0.25) is 0 Å². The van der Waals surface area contributed by atoms with Crippen molar-refractivity contribution in [3.05, 3.63) is 0 Å². The summed E-state index contributed by atoms with van der Waals surface area (Å²) >= 11 is 0. The maximum atomic E-state index is 11.0. The molecule has 0 aromatic carbocycles. The van der Waals surface area contributed by atoms with E-state index in [1.807, 2.05) is 0 Å². The third-order valence-corrected chi connectivity index (χ3v) is 5.52. The Kier molecular flexibility index (Phi) is 4.54. The lowest BCUT2D eigenvalue weighted by molar-refractivity contribution is -0.139. The van der Waals surface area contributed by atoms with Crippen molar-refractivity contribution in [1.82, 2.24) is 4.90 Å². The van der Waals surface area contributed by atoms with E-state index in [1.165, 1.54) is 44.9 Å². The lowest BCUT2D eigenvalue weighted by Gasteiger charge is -2.42. The number of carboxylic acids is 1. The Labute approximate surface area is 117 Å². The standard InChI is InChI=1S/C16H29NO2/c1-4-16(2,3)12-5-7-13(8-6-12)17(11-15(18)19)14-9-10-14/h12-14H,4-11H2,1-3H3,(H,18,19). The molecule has 0 spiro atoms. The van der Waals surface area contributed by atoms with Crippen molar-refractivity contribution in [2.45, 2.75) is 77.8 Å². The van der Waals surface area contributed by atoms with Crippen molar-refractivity contribution in [2.24, 2.45) is 11.3 Å². The molecule has 2 rings (SSSR count). The molecular formula is C16H29NO2. The molecule has 0 aromatic rings. The normalized spacial score (nSPS) is 28.6. The highest BCUT2D eigenvalue weighted by Gasteiger charge is 2.39. The van der Waals surface area contributed by atoms with E-state index in [-0.39, 0.29) is 6.54 Å². The summed E-state index contributed by atoms with van der Waals surface area (Å²) in [6, 6.07) is 1.09. The second kappa shape index (κ2) is 5.82. The van der Waals surface area contributed by atoms with Gasteiger partial charge in [0.15, 0.2) is 0 Å². The first-order valence-electron chi connectivity index (χ1n) is 7.91. The SMILES string of the molecule is CCC(C)(C)C1CCC(N(CC(=O)O)C2CC2)CC1. The predicted molar refractivity (Wildman–Crippen MR) is 77.2 cm³/mol. The molecule has 0 unspecified atom stereocenters. The summed E-state index contributed by atoms with van der Waals surface area (Å²) in [6.07, 6.45) is 8.57. The van der Waals surface area contributed by atoms with Crippen LogP contribution in [-0.4, -0.2) is 34.6 Å². The van der Waals surface area contributed by atoms with E-state index in [2.05, 4.69) is 25.7 Å². The van der Waals surface area contributed by atoms with Crippen molar-refractivity contribution < 1.29 is 9.90 Å². The molecule has 3 nitrogen and oxygen atoms in total. The van der Waals surface area contributed by atoms with Gasteiger partial charge in [-0.1, -0.05) is 27.2 Å². The van der Waals surface area contributed by atoms with Crippen LogP contribution in [0.3, 0.4) is 0 Å². The molecule has 0 atom stereocenters. The summed E-state index contributed by atoms with van der Waals surface area (Å²) in [5, 5.41) is 9.07. The minimum absolute atomic E-state index is 0.247. The topological polar surface area (TPSA) is 40.5 Å². The lowest BCUT2D eigenvalue weighted by Crippen LogP contribution is -2.44. The van der Waals surface area contributed by atoms with Crippen LogP contribution >= 0.6 is 0 Å². The summed E-state index contributed by atoms with van der Waals surface area (Å²) in [4.78, 5) is 13.3. The van der Waals surface area contributed by atoms with Crippen LogP contribution in [0.5, 0.6) is 0 Å². The first-order valence-corrected chi connectivity index (χ1v) is 7.91. The Hall–Kier alpha value is -0.570. The van der Waals surface area contributed by atoms with Gasteiger partial charge in [-0.05, 0) is 49.9 Å². The molecular weight excluding hydrogens is 238 g/mol. The largest absolute Gasteiger partial charge is 0.480 e. The van der Waals surface area contributed by atoms with Gasteiger partial charge in [-0.15, -0.1) is 0 Å². The van der Waals surface area contributed by atoms with E-state index >= 15 is 0 Å². The number of hydrogen-bond acceptors (Lipinski definition) is 2. The highest BCUT2D eigenvalue weighted by molar-refractivity contribution is 5.69. The molecule has 0 saturated heterocycles. The van der Waals surface area contributed by atoms with Gasteiger partial charge in [0.1, 0.15) is 0 Å². The number of carboxylic acid groups (broad SMARTS) is 1. The summed E-state index contributed by atoms with van der Waals surface area (Å²) in [5.74, 6) is 0.155. The van der Waals surface area contributed by atoms with Crippen LogP contribution in [0.4, 0.5) is 0 Å². The molecule has 0 heterocycles. The van der Waals surface area contributed by atoms with Gasteiger partial charge >= 0.3 is 5.97 Å². The fraction of sp³-hybridized carbons (Fsp3) is 0.938. The van der Waals surface area contributed by atoms with Crippen LogP contribution in [0.15, 0.2) is 0 Å². The van der Waals surface area contributed by atoms with Gasteiger partial charge in [0, 0.05) is 12.1 Å². The Balaban J connectivity index is 1.89. The molecule has 3 heteroatoms. The van der Waals surface area contributed by atoms with Crippen LogP contribution in [0.2, 0.25) is 0 Å². The van der Waals surface area contributed by atoms with Crippen LogP contribution in [0, 0.1) is 11.3 Å². The Bertz CT molecular complexity index is 315. The predicted octanol–water partition coefficient (Wildman–Crippen LogP) is 3.53. The molecule has 0 radical (unpaired) electrons. The summed E-state index contributed by atoms with van der Waals surface area (Å²) in [6.45, 7) is 7.30. The first kappa shape index (κ1) is 14.8. The number of hydrogen-bond donors (Lipinski definition) is 1. The van der Waals surface area contributed by atoms with E-state index in [1.54, 1.807) is 0 Å². The van der Waals surface area contributed by atoms with Crippen LogP contribution < -0.4 is 0 Å². The van der Waals surface area contributed by atoms with E-state index in [4.69, 9.17) is 5.11 Å². The molecule has 2 saturated carbocycles. The highest BCUT2D eigenvalue weighted by atomic mass is 16.4. The number of rotatable bonds is 6. The second-order valence-corrected chi connectivity index (χ2v) is 7.14. The number of carbonyl (C=O) groups is 1. The Morgan fingerprint density at radius 3 is 1.95 bits per heavy atom. The van der Waals surface area contributed by atoms with Gasteiger partial charge in [-0.25, -0.2) is 0 Å². The van der Waals surface area contributed by atoms with Gasteiger partial charge < -0.3 is 5.11 Å². The molecule has 1 N–H and O–H groups in total. The summed E-state index contributed by atoms with van der Waals surface area (Å²) < 4.78 is 0. The molecule has 2 aliphatic carbocycles. The average molecular weight is 267 g/mol.